The molecule has 17 aromatic carbocycles. The fourth-order valence-corrected chi connectivity index (χ4v) is 19.9. The molecule has 10 heteroatoms. The summed E-state index contributed by atoms with van der Waals surface area (Å²) in [6.45, 7) is 0. The number of fused-ring (bicyclic) bond motifs is 21. The molecule has 0 atom stereocenters. The van der Waals surface area contributed by atoms with E-state index >= 15 is 0 Å². The first-order valence-electron chi connectivity index (χ1n) is 37.0. The van der Waals surface area contributed by atoms with E-state index in [-0.39, 0.29) is 0 Å². The first-order chi connectivity index (χ1) is 54.5. The molecule has 8 nitrogen and oxygen atoms in total. The zero-order valence-corrected chi connectivity index (χ0v) is 60.3. The maximum absolute atomic E-state index is 6.32. The Hall–Kier alpha value is -14.2. The summed E-state index contributed by atoms with van der Waals surface area (Å²) >= 11 is 3.49. The van der Waals surface area contributed by atoms with E-state index in [0.717, 1.165) is 131 Å². The summed E-state index contributed by atoms with van der Waals surface area (Å²) in [7, 11) is 0. The second-order valence-electron chi connectivity index (χ2n) is 28.6. The van der Waals surface area contributed by atoms with Gasteiger partial charge in [-0.3, -0.25) is 0 Å². The first kappa shape index (κ1) is 61.0. The maximum Gasteiger partial charge on any atom is 0.160 e. The molecule has 8 heterocycles. The number of furan rings is 2. The minimum atomic E-state index is 0.699. The molecule has 2 aliphatic heterocycles. The van der Waals surface area contributed by atoms with Crippen molar-refractivity contribution in [3.63, 3.8) is 0 Å². The van der Waals surface area contributed by atoms with Crippen molar-refractivity contribution in [2.45, 2.75) is 0 Å². The Balaban J connectivity index is 0.000000129. The third-order valence-electron chi connectivity index (χ3n) is 22.5. The van der Waals surface area contributed by atoms with Gasteiger partial charge in [-0.25, -0.2) is 19.9 Å². The predicted molar refractivity (Wildman–Crippen MR) is 461 cm³/mol. The molecule has 0 bridgehead atoms. The molecule has 0 aliphatic carbocycles. The SMILES string of the molecule is c1ccc2c3c(ccc2c1)N(c1ccc(-c2nc(-c4ccc5c(c4)oc4ccccc45)c4sc5ccccc5c4n2)cc1)c1cccc2cccc-3c12.c1ccc2c3c(ccc2c1)N(c1ccc2cc(-c4nc(-c5ccc6oc7ccccc7c6c5)c5sc6ccccc6c5n4)ccc2c1)c1cccc2cccc-3c12. The Morgan fingerprint density at radius 1 is 0.245 bits per heavy atom. The van der Waals surface area contributed by atoms with Crippen molar-refractivity contribution in [1.82, 2.24) is 19.9 Å². The number of anilines is 6. The highest BCUT2D eigenvalue weighted by Gasteiger charge is 2.31. The van der Waals surface area contributed by atoms with Gasteiger partial charge in [0.2, 0.25) is 0 Å². The van der Waals surface area contributed by atoms with Crippen LogP contribution in [0.3, 0.4) is 0 Å². The summed E-state index contributed by atoms with van der Waals surface area (Å²) in [5.41, 5.74) is 23.4. The van der Waals surface area contributed by atoms with Gasteiger partial charge < -0.3 is 18.6 Å². The van der Waals surface area contributed by atoms with Crippen LogP contribution in [0.1, 0.15) is 0 Å². The second-order valence-corrected chi connectivity index (χ2v) is 30.8. The van der Waals surface area contributed by atoms with Gasteiger partial charge in [-0.1, -0.05) is 218 Å². The van der Waals surface area contributed by atoms with E-state index in [1.54, 1.807) is 22.7 Å². The highest BCUT2D eigenvalue weighted by molar-refractivity contribution is 7.26. The number of aromatic nitrogens is 4. The number of benzene rings is 17. The fourth-order valence-electron chi connectivity index (χ4n) is 17.6. The zero-order valence-electron chi connectivity index (χ0n) is 58.6. The summed E-state index contributed by atoms with van der Waals surface area (Å²) in [6, 6.07) is 122. The third-order valence-corrected chi connectivity index (χ3v) is 24.9. The normalized spacial score (nSPS) is 12.5. The molecule has 23 aromatic rings. The van der Waals surface area contributed by atoms with Gasteiger partial charge in [0.1, 0.15) is 22.3 Å². The lowest BCUT2D eigenvalue weighted by Gasteiger charge is -2.34. The lowest BCUT2D eigenvalue weighted by atomic mass is 9.87. The van der Waals surface area contributed by atoms with E-state index in [1.807, 2.05) is 24.3 Å². The van der Waals surface area contributed by atoms with Crippen LogP contribution in [0, 0.1) is 0 Å². The average molecular weight is 1440 g/mol. The van der Waals surface area contributed by atoms with Gasteiger partial charge in [-0.2, -0.15) is 0 Å². The minimum Gasteiger partial charge on any atom is -0.456 e. The smallest absolute Gasteiger partial charge is 0.160 e. The summed E-state index contributed by atoms with van der Waals surface area (Å²) in [4.78, 5) is 26.1. The Morgan fingerprint density at radius 2 is 0.673 bits per heavy atom. The molecule has 0 fully saturated rings. The van der Waals surface area contributed by atoms with Crippen LogP contribution in [0.5, 0.6) is 0 Å². The van der Waals surface area contributed by atoms with Crippen LogP contribution in [0.25, 0.3) is 206 Å². The van der Waals surface area contributed by atoms with Crippen LogP contribution >= 0.6 is 22.7 Å². The minimum absolute atomic E-state index is 0.699. The van der Waals surface area contributed by atoms with Gasteiger partial charge in [0.05, 0.1) is 54.6 Å². The molecule has 0 spiro atoms. The summed E-state index contributed by atoms with van der Waals surface area (Å²) < 4.78 is 17.1. The summed E-state index contributed by atoms with van der Waals surface area (Å²) in [5, 5.41) is 19.0. The lowest BCUT2D eigenvalue weighted by Crippen LogP contribution is -2.15. The third kappa shape index (κ3) is 9.24. The number of nitrogens with zero attached hydrogens (tertiary/aromatic N) is 6. The van der Waals surface area contributed by atoms with Crippen LogP contribution in [-0.4, -0.2) is 19.9 Å². The maximum atomic E-state index is 6.32. The highest BCUT2D eigenvalue weighted by atomic mass is 32.1. The second kappa shape index (κ2) is 23.7. The van der Waals surface area contributed by atoms with Gasteiger partial charge in [-0.15, -0.1) is 22.7 Å². The Morgan fingerprint density at radius 3 is 1.29 bits per heavy atom. The lowest BCUT2D eigenvalue weighted by molar-refractivity contribution is 0.668. The van der Waals surface area contributed by atoms with Crippen LogP contribution in [0.4, 0.5) is 34.1 Å². The van der Waals surface area contributed by atoms with E-state index in [0.29, 0.717) is 11.6 Å². The number of hydrogen-bond acceptors (Lipinski definition) is 10. The first-order valence-corrected chi connectivity index (χ1v) is 38.7. The molecular formula is C100H56N6O2S2. The fraction of sp³-hybridized carbons (Fsp3) is 0. The number of hydrogen-bond donors (Lipinski definition) is 0. The van der Waals surface area contributed by atoms with Crippen LogP contribution in [-0.2, 0) is 0 Å². The molecule has 0 unspecified atom stereocenters. The van der Waals surface area contributed by atoms with Gasteiger partial charge in [0, 0.05) is 97.2 Å². The predicted octanol–water partition coefficient (Wildman–Crippen LogP) is 28.8. The molecule has 0 saturated carbocycles. The average Bonchev–Trinajstić information content (AvgIpc) is 1.12. The molecule has 0 N–H and O–H groups in total. The molecule has 0 saturated heterocycles. The molecule has 25 rings (SSSR count). The van der Waals surface area contributed by atoms with Gasteiger partial charge in [0.25, 0.3) is 0 Å². The summed E-state index contributed by atoms with van der Waals surface area (Å²) in [5.74, 6) is 1.41. The molecule has 2 aliphatic rings. The highest BCUT2D eigenvalue weighted by Crippen LogP contribution is 2.56. The summed E-state index contributed by atoms with van der Waals surface area (Å²) in [6.07, 6.45) is 0. The van der Waals surface area contributed by atoms with Crippen LogP contribution in [0.15, 0.2) is 349 Å². The quantitative estimate of drug-likeness (QED) is 0.163. The molecule has 0 amide bonds. The number of para-hydroxylation sites is 2. The van der Waals surface area contributed by atoms with E-state index in [4.69, 9.17) is 28.8 Å². The van der Waals surface area contributed by atoms with Gasteiger partial charge >= 0.3 is 0 Å². The number of thiophene rings is 2. The molecule has 6 aromatic heterocycles. The van der Waals surface area contributed by atoms with Crippen LogP contribution in [0.2, 0.25) is 0 Å². The van der Waals surface area contributed by atoms with Crippen molar-refractivity contribution in [1.29, 1.82) is 0 Å². The Labute approximate surface area is 636 Å². The molecule has 0 radical (unpaired) electrons. The molecule has 110 heavy (non-hydrogen) atoms. The van der Waals surface area contributed by atoms with E-state index in [2.05, 4.69) is 325 Å². The van der Waals surface area contributed by atoms with Crippen molar-refractivity contribution in [2.75, 3.05) is 9.80 Å². The van der Waals surface area contributed by atoms with Gasteiger partial charge in [0.15, 0.2) is 11.6 Å². The van der Waals surface area contributed by atoms with E-state index in [1.165, 1.54) is 97.5 Å². The standard InChI is InChI=1S/C52H29N3OS.C48H27N3OS/c1-2-12-37-30(9-1)22-25-43-48(37)40-15-7-10-31-11-8-16-42(47(31)40)55(43)36-24-21-32-27-35(20-19-33(32)28-36)52-53-49(51-50(54-52)39-14-4-6-18-46(39)57-51)34-23-26-45-41(29-34)38-13-3-5-17-44(38)56-45;1-2-12-33-28(9-1)22-26-39-44(33)37-15-7-10-29-11-8-16-38(43(29)37)51(39)32-23-19-30(20-24-32)48-49-45(47-46(50-48)36-14-4-6-18-42(36)53-47)31-21-25-35-34-13-3-5-17-40(34)52-41(35)27-31/h1-29H;1-27H. The Kier molecular flexibility index (Phi) is 13.1. The monoisotopic (exact) mass is 1440 g/mol. The van der Waals surface area contributed by atoms with Crippen LogP contribution < -0.4 is 9.80 Å². The largest absolute Gasteiger partial charge is 0.456 e. The van der Waals surface area contributed by atoms with Crippen molar-refractivity contribution < 1.29 is 8.83 Å². The zero-order chi connectivity index (χ0) is 71.8. The van der Waals surface area contributed by atoms with Crippen molar-refractivity contribution in [2.24, 2.45) is 0 Å². The van der Waals surface area contributed by atoms with E-state index < -0.39 is 0 Å². The van der Waals surface area contributed by atoms with Crippen molar-refractivity contribution >= 4 is 195 Å². The molecule has 510 valence electrons. The topological polar surface area (TPSA) is 84.3 Å². The number of rotatable bonds is 6. The Bertz CT molecular complexity index is 7890. The van der Waals surface area contributed by atoms with Gasteiger partial charge in [-0.05, 0) is 176 Å². The van der Waals surface area contributed by atoms with E-state index in [9.17, 15) is 0 Å². The van der Waals surface area contributed by atoms with Crippen molar-refractivity contribution in [3.8, 4) is 67.5 Å². The van der Waals surface area contributed by atoms with Crippen molar-refractivity contribution in [3.05, 3.63) is 340 Å². The molecular weight excluding hydrogens is 1380 g/mol.